The summed E-state index contributed by atoms with van der Waals surface area (Å²) in [5.74, 6) is 2.73. The Kier molecular flexibility index (Phi) is 5.74. The number of nitrogens with one attached hydrogen (secondary N) is 1. The van der Waals surface area contributed by atoms with Crippen molar-refractivity contribution >= 4 is 5.71 Å². The minimum atomic E-state index is 0.457. The van der Waals surface area contributed by atoms with Crippen LogP contribution < -0.4 is 5.43 Å². The van der Waals surface area contributed by atoms with Gasteiger partial charge in [-0.3, -0.25) is 5.43 Å². The van der Waals surface area contributed by atoms with Gasteiger partial charge in [-0.1, -0.05) is 48.0 Å². The van der Waals surface area contributed by atoms with E-state index in [1.165, 1.54) is 44.2 Å². The predicted molar refractivity (Wildman–Crippen MR) is 96.8 cm³/mol. The lowest BCUT2D eigenvalue weighted by Gasteiger charge is -2.35. The Bertz CT molecular complexity index is 425. The van der Waals surface area contributed by atoms with Crippen molar-refractivity contribution in [1.82, 2.24) is 5.43 Å². The van der Waals surface area contributed by atoms with Crippen LogP contribution >= 0.6 is 0 Å². The predicted octanol–water partition coefficient (Wildman–Crippen LogP) is 5.75. The van der Waals surface area contributed by atoms with Crippen LogP contribution in [0, 0.1) is 29.1 Å². The first-order valence-electron chi connectivity index (χ1n) is 9.30. The van der Waals surface area contributed by atoms with Crippen LogP contribution in [-0.2, 0) is 0 Å². The quantitative estimate of drug-likeness (QED) is 0.705. The van der Waals surface area contributed by atoms with E-state index in [-0.39, 0.29) is 0 Å². The van der Waals surface area contributed by atoms with Gasteiger partial charge in [-0.25, -0.2) is 0 Å². The Balaban J connectivity index is 2.08. The molecule has 0 radical (unpaired) electrons. The number of fused-ring (bicyclic) bond motifs is 1. The summed E-state index contributed by atoms with van der Waals surface area (Å²) in [6.45, 7) is 14.1. The topological polar surface area (TPSA) is 24.4 Å². The maximum Gasteiger partial charge on any atom is 0.0484 e. The largest absolute Gasteiger partial charge is 0.286 e. The van der Waals surface area contributed by atoms with E-state index in [2.05, 4.69) is 53.2 Å². The van der Waals surface area contributed by atoms with E-state index in [4.69, 9.17) is 5.10 Å². The lowest BCUT2D eigenvalue weighted by atomic mass is 9.72. The molecule has 1 aliphatic carbocycles. The molecule has 1 saturated carbocycles. The number of hydrogen-bond acceptors (Lipinski definition) is 2. The first-order valence-corrected chi connectivity index (χ1v) is 9.30. The second-order valence-corrected chi connectivity index (χ2v) is 9.07. The van der Waals surface area contributed by atoms with E-state index in [9.17, 15) is 0 Å². The Morgan fingerprint density at radius 2 is 1.91 bits per heavy atom. The van der Waals surface area contributed by atoms with Crippen molar-refractivity contribution in [3.8, 4) is 0 Å². The van der Waals surface area contributed by atoms with Gasteiger partial charge in [-0.2, -0.15) is 5.10 Å². The summed E-state index contributed by atoms with van der Waals surface area (Å²) in [5.41, 5.74) is 6.66. The first-order chi connectivity index (χ1) is 10.3. The average Bonchev–Trinajstić information content (AvgIpc) is 2.39. The van der Waals surface area contributed by atoms with Gasteiger partial charge in [0.2, 0.25) is 0 Å². The highest BCUT2D eigenvalue weighted by atomic mass is 15.3. The summed E-state index contributed by atoms with van der Waals surface area (Å²) in [7, 11) is 0. The zero-order chi connectivity index (χ0) is 16.3. The molecule has 2 heteroatoms. The van der Waals surface area contributed by atoms with Crippen molar-refractivity contribution in [2.45, 2.75) is 80.1 Å². The van der Waals surface area contributed by atoms with Crippen LogP contribution in [-0.4, -0.2) is 5.71 Å². The van der Waals surface area contributed by atoms with Gasteiger partial charge >= 0.3 is 0 Å². The van der Waals surface area contributed by atoms with Crippen molar-refractivity contribution in [1.29, 1.82) is 0 Å². The molecular formula is C20H36N2. The third kappa shape index (κ3) is 4.60. The monoisotopic (exact) mass is 304 g/mol. The van der Waals surface area contributed by atoms with E-state index < -0.39 is 0 Å². The van der Waals surface area contributed by atoms with Gasteiger partial charge in [0.25, 0.3) is 0 Å². The van der Waals surface area contributed by atoms with Crippen LogP contribution in [0.1, 0.15) is 80.1 Å². The minimum Gasteiger partial charge on any atom is -0.286 e. The molecule has 0 saturated heterocycles. The fourth-order valence-electron chi connectivity index (χ4n) is 4.11. The van der Waals surface area contributed by atoms with Gasteiger partial charge in [-0.15, -0.1) is 0 Å². The van der Waals surface area contributed by atoms with E-state index in [0.29, 0.717) is 23.2 Å². The van der Waals surface area contributed by atoms with Crippen LogP contribution in [0.3, 0.4) is 0 Å². The molecule has 0 amide bonds. The molecule has 0 aromatic rings. The third-order valence-corrected chi connectivity index (χ3v) is 5.56. The Morgan fingerprint density at radius 1 is 1.18 bits per heavy atom. The maximum atomic E-state index is 4.70. The Labute approximate surface area is 137 Å². The van der Waals surface area contributed by atoms with Gasteiger partial charge in [0.1, 0.15) is 0 Å². The summed E-state index contributed by atoms with van der Waals surface area (Å²) >= 11 is 0. The molecule has 1 N–H and O–H groups in total. The zero-order valence-corrected chi connectivity index (χ0v) is 15.6. The minimum absolute atomic E-state index is 0.457. The van der Waals surface area contributed by atoms with Gasteiger partial charge in [0, 0.05) is 17.8 Å². The van der Waals surface area contributed by atoms with Gasteiger partial charge < -0.3 is 0 Å². The van der Waals surface area contributed by atoms with Crippen LogP contribution in [0.5, 0.6) is 0 Å². The SMILES string of the molecule is CC(C)C(C)C1=NNC=C2CCCC(CC(C)(C)C)CCC21. The molecule has 3 atom stereocenters. The first kappa shape index (κ1) is 17.6. The maximum absolute atomic E-state index is 4.70. The summed E-state index contributed by atoms with van der Waals surface area (Å²) in [4.78, 5) is 0. The summed E-state index contributed by atoms with van der Waals surface area (Å²) in [6.07, 6.45) is 10.2. The summed E-state index contributed by atoms with van der Waals surface area (Å²) in [6, 6.07) is 0. The van der Waals surface area contributed by atoms with Crippen molar-refractivity contribution in [2.24, 2.45) is 34.2 Å². The molecule has 0 spiro atoms. The lowest BCUT2D eigenvalue weighted by molar-refractivity contribution is 0.253. The highest BCUT2D eigenvalue weighted by Gasteiger charge is 2.31. The van der Waals surface area contributed by atoms with E-state index in [1.54, 1.807) is 5.57 Å². The Morgan fingerprint density at radius 3 is 2.55 bits per heavy atom. The van der Waals surface area contributed by atoms with Crippen LogP contribution in [0.15, 0.2) is 16.9 Å². The second-order valence-electron chi connectivity index (χ2n) is 9.07. The molecule has 2 nitrogen and oxygen atoms in total. The molecule has 0 bridgehead atoms. The number of hydrazone groups is 1. The van der Waals surface area contributed by atoms with Crippen LogP contribution in [0.2, 0.25) is 0 Å². The van der Waals surface area contributed by atoms with E-state index >= 15 is 0 Å². The highest BCUT2D eigenvalue weighted by molar-refractivity contribution is 5.91. The van der Waals surface area contributed by atoms with E-state index in [0.717, 1.165) is 5.92 Å². The fourth-order valence-corrected chi connectivity index (χ4v) is 4.11. The molecule has 22 heavy (non-hydrogen) atoms. The smallest absolute Gasteiger partial charge is 0.0484 e. The third-order valence-electron chi connectivity index (χ3n) is 5.56. The second kappa shape index (κ2) is 7.19. The van der Waals surface area contributed by atoms with Crippen molar-refractivity contribution in [3.63, 3.8) is 0 Å². The number of allylic oxidation sites excluding steroid dienone is 1. The standard InChI is InChI=1S/C20H36N2/c1-14(2)15(3)19-18-11-10-16(12-20(4,5)6)8-7-9-17(18)13-21-22-19/h13-16,18,21H,7-12H2,1-6H3. The van der Waals surface area contributed by atoms with Crippen molar-refractivity contribution in [3.05, 3.63) is 11.8 Å². The summed E-state index contributed by atoms with van der Waals surface area (Å²) in [5, 5.41) is 4.70. The number of rotatable bonds is 3. The zero-order valence-electron chi connectivity index (χ0n) is 15.6. The molecule has 3 unspecified atom stereocenters. The van der Waals surface area contributed by atoms with Gasteiger partial charge in [0.05, 0.1) is 0 Å². The van der Waals surface area contributed by atoms with Crippen LogP contribution in [0.25, 0.3) is 0 Å². The molecular weight excluding hydrogens is 268 g/mol. The summed E-state index contributed by atoms with van der Waals surface area (Å²) < 4.78 is 0. The van der Waals surface area contributed by atoms with Crippen LogP contribution in [0.4, 0.5) is 0 Å². The average molecular weight is 305 g/mol. The molecule has 0 aromatic carbocycles. The molecule has 1 aliphatic heterocycles. The van der Waals surface area contributed by atoms with Crippen molar-refractivity contribution < 1.29 is 0 Å². The number of hydrogen-bond donors (Lipinski definition) is 1. The van der Waals surface area contributed by atoms with Gasteiger partial charge in [-0.05, 0) is 60.8 Å². The fraction of sp³-hybridized carbons (Fsp3) is 0.850. The molecule has 0 aromatic heterocycles. The normalized spacial score (nSPS) is 28.0. The number of nitrogens with zero attached hydrogens (tertiary/aromatic N) is 1. The molecule has 1 heterocycles. The molecule has 2 rings (SSSR count). The lowest BCUT2D eigenvalue weighted by Crippen LogP contribution is -2.33. The Hall–Kier alpha value is -0.790. The van der Waals surface area contributed by atoms with Crippen molar-refractivity contribution in [2.75, 3.05) is 0 Å². The van der Waals surface area contributed by atoms with Gasteiger partial charge in [0.15, 0.2) is 0 Å². The molecule has 126 valence electrons. The molecule has 1 fully saturated rings. The molecule has 2 aliphatic rings. The van der Waals surface area contributed by atoms with E-state index in [1.807, 2.05) is 0 Å². The highest BCUT2D eigenvalue weighted by Crippen LogP contribution is 2.38.